The summed E-state index contributed by atoms with van der Waals surface area (Å²) >= 11 is 4.89. The van der Waals surface area contributed by atoms with Crippen molar-refractivity contribution in [1.82, 2.24) is 9.55 Å². The van der Waals surface area contributed by atoms with E-state index in [1.54, 1.807) is 0 Å². The van der Waals surface area contributed by atoms with E-state index in [9.17, 15) is 14.3 Å². The number of halogens is 1. The standard InChI is InChI=1S/C11H11FN2O4S/c1-2-11(12)8(17)6(5-15)18-9(11)14-4-3-7(16)13-10(14)19/h1,3-4,6,8-9,15,17H,5H2,(H,13,16,19)/t6-,8+,9-,11?/m1/s1. The quantitative estimate of drug-likeness (QED) is 0.504. The number of rotatable bonds is 2. The van der Waals surface area contributed by atoms with Gasteiger partial charge in [-0.2, -0.15) is 0 Å². The predicted octanol–water partition coefficient (Wildman–Crippen LogP) is -0.502. The molecule has 0 radical (unpaired) electrons. The Kier molecular flexibility index (Phi) is 3.56. The van der Waals surface area contributed by atoms with Crippen molar-refractivity contribution >= 4 is 12.2 Å². The molecule has 1 aromatic rings. The summed E-state index contributed by atoms with van der Waals surface area (Å²) in [6, 6.07) is 1.12. The number of aromatic nitrogens is 2. The fourth-order valence-corrected chi connectivity index (χ4v) is 2.19. The zero-order chi connectivity index (χ0) is 14.2. The van der Waals surface area contributed by atoms with E-state index in [-0.39, 0.29) is 4.77 Å². The molecule has 2 heterocycles. The van der Waals surface area contributed by atoms with Crippen LogP contribution >= 0.6 is 12.2 Å². The number of hydrogen-bond donors (Lipinski definition) is 3. The van der Waals surface area contributed by atoms with Gasteiger partial charge in [0, 0.05) is 12.3 Å². The lowest BCUT2D eigenvalue weighted by atomic mass is 9.97. The monoisotopic (exact) mass is 286 g/mol. The molecular formula is C11H11FN2O4S. The van der Waals surface area contributed by atoms with Crippen LogP contribution in [-0.4, -0.2) is 44.2 Å². The van der Waals surface area contributed by atoms with E-state index in [1.807, 2.05) is 5.92 Å². The molecule has 2 rings (SSSR count). The topological polar surface area (TPSA) is 87.5 Å². The normalized spacial score (nSPS) is 34.1. The molecule has 1 unspecified atom stereocenters. The molecule has 3 N–H and O–H groups in total. The van der Waals surface area contributed by atoms with Crippen molar-refractivity contribution in [3.8, 4) is 12.3 Å². The van der Waals surface area contributed by atoms with Crippen molar-refractivity contribution in [3.63, 3.8) is 0 Å². The van der Waals surface area contributed by atoms with E-state index in [0.717, 1.165) is 10.6 Å². The lowest BCUT2D eigenvalue weighted by Gasteiger charge is -2.24. The largest absolute Gasteiger partial charge is 0.394 e. The van der Waals surface area contributed by atoms with Crippen LogP contribution in [0.5, 0.6) is 0 Å². The van der Waals surface area contributed by atoms with Gasteiger partial charge < -0.3 is 14.9 Å². The van der Waals surface area contributed by atoms with Crippen LogP contribution in [-0.2, 0) is 4.74 Å². The van der Waals surface area contributed by atoms with Crippen LogP contribution in [0, 0.1) is 17.1 Å². The number of H-pyrrole nitrogens is 1. The smallest absolute Gasteiger partial charge is 0.251 e. The summed E-state index contributed by atoms with van der Waals surface area (Å²) in [6.45, 7) is -0.596. The average molecular weight is 286 g/mol. The van der Waals surface area contributed by atoms with Crippen LogP contribution in [0.25, 0.3) is 0 Å². The Labute approximate surface area is 112 Å². The number of aliphatic hydroxyl groups excluding tert-OH is 2. The highest BCUT2D eigenvalue weighted by Crippen LogP contribution is 2.40. The highest BCUT2D eigenvalue weighted by atomic mass is 32.1. The van der Waals surface area contributed by atoms with Gasteiger partial charge in [0.15, 0.2) is 11.0 Å². The number of aromatic amines is 1. The van der Waals surface area contributed by atoms with Gasteiger partial charge in [-0.1, -0.05) is 5.92 Å². The Morgan fingerprint density at radius 3 is 2.95 bits per heavy atom. The molecular weight excluding hydrogens is 275 g/mol. The van der Waals surface area contributed by atoms with Crippen molar-refractivity contribution in [2.24, 2.45) is 0 Å². The number of nitrogens with one attached hydrogen (secondary N) is 1. The van der Waals surface area contributed by atoms with E-state index in [4.69, 9.17) is 28.5 Å². The summed E-state index contributed by atoms with van der Waals surface area (Å²) in [4.78, 5) is 13.4. The van der Waals surface area contributed by atoms with Gasteiger partial charge in [-0.15, -0.1) is 6.42 Å². The number of alkyl halides is 1. The number of ether oxygens (including phenoxy) is 1. The van der Waals surface area contributed by atoms with E-state index < -0.39 is 36.3 Å². The molecule has 0 amide bonds. The number of hydrogen-bond acceptors (Lipinski definition) is 5. The highest BCUT2D eigenvalue weighted by Gasteiger charge is 2.57. The van der Waals surface area contributed by atoms with E-state index in [0.29, 0.717) is 0 Å². The first-order valence-corrected chi connectivity index (χ1v) is 5.77. The Hall–Kier alpha value is -1.53. The maximum Gasteiger partial charge on any atom is 0.251 e. The van der Waals surface area contributed by atoms with Gasteiger partial charge >= 0.3 is 0 Å². The van der Waals surface area contributed by atoms with E-state index >= 15 is 0 Å². The zero-order valence-corrected chi connectivity index (χ0v) is 10.4. The molecule has 19 heavy (non-hydrogen) atoms. The van der Waals surface area contributed by atoms with Crippen LogP contribution in [0.4, 0.5) is 4.39 Å². The third-order valence-corrected chi connectivity index (χ3v) is 3.26. The molecule has 4 atom stereocenters. The van der Waals surface area contributed by atoms with Crippen LogP contribution in [0.1, 0.15) is 6.23 Å². The van der Waals surface area contributed by atoms with Gasteiger partial charge in [-0.3, -0.25) is 14.3 Å². The number of aliphatic hydroxyl groups is 2. The molecule has 1 fully saturated rings. The van der Waals surface area contributed by atoms with Crippen molar-refractivity contribution in [1.29, 1.82) is 0 Å². The Morgan fingerprint density at radius 2 is 2.42 bits per heavy atom. The zero-order valence-electron chi connectivity index (χ0n) is 9.62. The maximum absolute atomic E-state index is 14.6. The molecule has 1 aromatic heterocycles. The first-order chi connectivity index (χ1) is 8.93. The minimum Gasteiger partial charge on any atom is -0.394 e. The summed E-state index contributed by atoms with van der Waals surface area (Å²) in [5.74, 6) is 1.83. The molecule has 1 aliphatic rings. The van der Waals surface area contributed by atoms with Crippen LogP contribution in [0.15, 0.2) is 17.1 Å². The molecule has 102 valence electrons. The summed E-state index contributed by atoms with van der Waals surface area (Å²) in [5.41, 5.74) is -3.01. The number of terminal acetylenes is 1. The third-order valence-electron chi connectivity index (χ3n) is 2.95. The summed E-state index contributed by atoms with van der Waals surface area (Å²) in [6.07, 6.45) is 2.05. The Bertz CT molecular complexity index is 637. The highest BCUT2D eigenvalue weighted by molar-refractivity contribution is 7.71. The molecule has 0 saturated carbocycles. The van der Waals surface area contributed by atoms with Crippen molar-refractivity contribution in [2.75, 3.05) is 6.61 Å². The minimum absolute atomic E-state index is 0.0967. The number of nitrogens with zero attached hydrogens (tertiary/aromatic N) is 1. The Morgan fingerprint density at radius 1 is 1.74 bits per heavy atom. The summed E-state index contributed by atoms with van der Waals surface area (Å²) in [5, 5.41) is 18.8. The lowest BCUT2D eigenvalue weighted by Crippen LogP contribution is -2.42. The first kappa shape index (κ1) is 13.9. The molecule has 1 aliphatic heterocycles. The van der Waals surface area contributed by atoms with E-state index in [2.05, 4.69) is 4.98 Å². The second-order valence-electron chi connectivity index (χ2n) is 4.08. The fourth-order valence-electron chi connectivity index (χ4n) is 1.94. The Balaban J connectivity index is 2.52. The van der Waals surface area contributed by atoms with Crippen LogP contribution < -0.4 is 5.56 Å². The van der Waals surface area contributed by atoms with Gasteiger partial charge in [-0.05, 0) is 12.2 Å². The molecule has 0 aliphatic carbocycles. The fraction of sp³-hybridized carbons (Fsp3) is 0.455. The minimum atomic E-state index is -2.55. The van der Waals surface area contributed by atoms with Crippen LogP contribution in [0.2, 0.25) is 0 Å². The van der Waals surface area contributed by atoms with Crippen molar-refractivity contribution in [3.05, 3.63) is 27.4 Å². The molecule has 0 bridgehead atoms. The third kappa shape index (κ3) is 2.11. The van der Waals surface area contributed by atoms with Gasteiger partial charge in [0.05, 0.1) is 6.61 Å². The first-order valence-electron chi connectivity index (χ1n) is 5.36. The predicted molar refractivity (Wildman–Crippen MR) is 65.6 cm³/mol. The lowest BCUT2D eigenvalue weighted by molar-refractivity contribution is -0.0534. The van der Waals surface area contributed by atoms with Crippen LogP contribution in [0.3, 0.4) is 0 Å². The average Bonchev–Trinajstić information content (AvgIpc) is 2.63. The molecule has 0 spiro atoms. The molecule has 1 saturated heterocycles. The maximum atomic E-state index is 14.6. The summed E-state index contributed by atoms with van der Waals surface area (Å²) < 4.78 is 20.8. The van der Waals surface area contributed by atoms with Crippen molar-refractivity contribution < 1.29 is 19.3 Å². The SMILES string of the molecule is C#CC1(F)[C@@H](O)[C@@H](CO)O[C@H]1n1ccc(=O)[nH]c1=S. The van der Waals surface area contributed by atoms with Gasteiger partial charge in [-0.25, -0.2) is 4.39 Å². The van der Waals surface area contributed by atoms with Gasteiger partial charge in [0.25, 0.3) is 5.56 Å². The van der Waals surface area contributed by atoms with Gasteiger partial charge in [0.2, 0.25) is 5.67 Å². The second kappa shape index (κ2) is 4.86. The molecule has 0 aromatic carbocycles. The second-order valence-corrected chi connectivity index (χ2v) is 4.47. The van der Waals surface area contributed by atoms with E-state index in [1.165, 1.54) is 6.20 Å². The molecule has 8 heteroatoms. The van der Waals surface area contributed by atoms with Gasteiger partial charge in [0.1, 0.15) is 12.2 Å². The summed E-state index contributed by atoms with van der Waals surface area (Å²) in [7, 11) is 0. The van der Waals surface area contributed by atoms with Crippen molar-refractivity contribution in [2.45, 2.75) is 24.1 Å². The molecule has 6 nitrogen and oxygen atoms in total.